The van der Waals surface area contributed by atoms with Crippen LogP contribution < -0.4 is 0 Å². The number of esters is 1. The Morgan fingerprint density at radius 3 is 2.76 bits per heavy atom. The van der Waals surface area contributed by atoms with Crippen molar-refractivity contribution < 1.29 is 13.9 Å². The molecule has 0 aliphatic carbocycles. The second-order valence-corrected chi connectivity index (χ2v) is 4.97. The fourth-order valence-electron chi connectivity index (χ4n) is 2.54. The number of aromatic nitrogens is 2. The zero-order chi connectivity index (χ0) is 15.4. The van der Waals surface area contributed by atoms with Crippen molar-refractivity contribution in [3.8, 4) is 0 Å². The van der Waals surface area contributed by atoms with E-state index in [1.165, 1.54) is 12.1 Å². The Morgan fingerprint density at radius 1 is 1.38 bits per heavy atom. The standard InChI is InChI=1S/C16H21FN2O2/c1-4-9-19-14-8-7-11(17)10-13(14)18-15(19)12(5-2)16(20)21-6-3/h7-8,10,12H,4-6,9H2,1-3H3. The molecule has 0 spiro atoms. The summed E-state index contributed by atoms with van der Waals surface area (Å²) in [6, 6.07) is 4.54. The lowest BCUT2D eigenvalue weighted by Crippen LogP contribution is -2.19. The minimum Gasteiger partial charge on any atom is -0.465 e. The molecule has 0 aliphatic rings. The topological polar surface area (TPSA) is 44.1 Å². The zero-order valence-corrected chi connectivity index (χ0v) is 12.7. The molecule has 114 valence electrons. The number of hydrogen-bond acceptors (Lipinski definition) is 3. The van der Waals surface area contributed by atoms with Crippen molar-refractivity contribution in [3.05, 3.63) is 29.8 Å². The number of nitrogens with zero attached hydrogens (tertiary/aromatic N) is 2. The number of rotatable bonds is 6. The summed E-state index contributed by atoms with van der Waals surface area (Å²) < 4.78 is 20.5. The van der Waals surface area contributed by atoms with E-state index in [4.69, 9.17) is 4.74 Å². The van der Waals surface area contributed by atoms with E-state index < -0.39 is 5.92 Å². The van der Waals surface area contributed by atoms with Gasteiger partial charge in [-0.15, -0.1) is 0 Å². The maximum atomic E-state index is 13.4. The highest BCUT2D eigenvalue weighted by Crippen LogP contribution is 2.26. The van der Waals surface area contributed by atoms with Gasteiger partial charge >= 0.3 is 5.97 Å². The van der Waals surface area contributed by atoms with Gasteiger partial charge in [-0.3, -0.25) is 4.79 Å². The van der Waals surface area contributed by atoms with Gasteiger partial charge in [-0.05, 0) is 31.9 Å². The molecule has 1 unspecified atom stereocenters. The molecule has 0 radical (unpaired) electrons. The van der Waals surface area contributed by atoms with Gasteiger partial charge in [-0.25, -0.2) is 9.37 Å². The molecule has 0 saturated carbocycles. The summed E-state index contributed by atoms with van der Waals surface area (Å²) in [5.41, 5.74) is 1.44. The van der Waals surface area contributed by atoms with Crippen LogP contribution in [0.3, 0.4) is 0 Å². The largest absolute Gasteiger partial charge is 0.465 e. The van der Waals surface area contributed by atoms with Crippen LogP contribution in [-0.2, 0) is 16.1 Å². The number of benzene rings is 1. The Labute approximate surface area is 123 Å². The number of ether oxygens (including phenoxy) is 1. The average Bonchev–Trinajstić information content (AvgIpc) is 2.78. The third-order valence-corrected chi connectivity index (χ3v) is 3.48. The molecule has 21 heavy (non-hydrogen) atoms. The summed E-state index contributed by atoms with van der Waals surface area (Å²) in [7, 11) is 0. The second-order valence-electron chi connectivity index (χ2n) is 4.97. The number of fused-ring (bicyclic) bond motifs is 1. The summed E-state index contributed by atoms with van der Waals surface area (Å²) in [5.74, 6) is -0.335. The summed E-state index contributed by atoms with van der Waals surface area (Å²) in [5, 5.41) is 0. The molecule has 1 atom stereocenters. The number of aryl methyl sites for hydroxylation is 1. The quantitative estimate of drug-likeness (QED) is 0.763. The van der Waals surface area contributed by atoms with Crippen molar-refractivity contribution in [1.29, 1.82) is 0 Å². The van der Waals surface area contributed by atoms with Crippen molar-refractivity contribution in [3.63, 3.8) is 0 Å². The fraction of sp³-hybridized carbons (Fsp3) is 0.500. The Hall–Kier alpha value is -1.91. The first-order chi connectivity index (χ1) is 10.1. The van der Waals surface area contributed by atoms with Crippen LogP contribution in [0.25, 0.3) is 11.0 Å². The van der Waals surface area contributed by atoms with Crippen LogP contribution in [0.15, 0.2) is 18.2 Å². The van der Waals surface area contributed by atoms with E-state index in [9.17, 15) is 9.18 Å². The van der Waals surface area contributed by atoms with Crippen molar-refractivity contribution in [2.45, 2.75) is 46.1 Å². The normalized spacial score (nSPS) is 12.6. The number of halogens is 1. The lowest BCUT2D eigenvalue weighted by Gasteiger charge is -2.15. The zero-order valence-electron chi connectivity index (χ0n) is 12.7. The molecule has 0 N–H and O–H groups in total. The van der Waals surface area contributed by atoms with Crippen LogP contribution in [0.1, 0.15) is 45.4 Å². The van der Waals surface area contributed by atoms with E-state index in [0.29, 0.717) is 24.4 Å². The molecule has 0 aliphatic heterocycles. The van der Waals surface area contributed by atoms with E-state index >= 15 is 0 Å². The van der Waals surface area contributed by atoms with Gasteiger partial charge in [0.25, 0.3) is 0 Å². The van der Waals surface area contributed by atoms with Crippen LogP contribution in [0.2, 0.25) is 0 Å². The molecule has 1 heterocycles. The molecule has 0 fully saturated rings. The number of imidazole rings is 1. The molecule has 5 heteroatoms. The lowest BCUT2D eigenvalue weighted by atomic mass is 10.1. The molecule has 0 amide bonds. The SMILES string of the molecule is CCCn1c(C(CC)C(=O)OCC)nc2cc(F)ccc21. The van der Waals surface area contributed by atoms with E-state index in [0.717, 1.165) is 18.5 Å². The third kappa shape index (κ3) is 3.06. The van der Waals surface area contributed by atoms with E-state index in [2.05, 4.69) is 11.9 Å². The fourth-order valence-corrected chi connectivity index (χ4v) is 2.54. The second kappa shape index (κ2) is 6.70. The summed E-state index contributed by atoms with van der Waals surface area (Å²) in [6.07, 6.45) is 1.52. The minimum atomic E-state index is -0.410. The molecule has 1 aromatic carbocycles. The molecule has 2 rings (SSSR count). The number of carbonyl (C=O) groups excluding carboxylic acids is 1. The maximum absolute atomic E-state index is 13.4. The van der Waals surface area contributed by atoms with E-state index in [1.54, 1.807) is 13.0 Å². The highest BCUT2D eigenvalue weighted by Gasteiger charge is 2.26. The Bertz CT molecular complexity index is 636. The molecule has 0 saturated heterocycles. The first-order valence-corrected chi connectivity index (χ1v) is 7.44. The van der Waals surface area contributed by atoms with Crippen LogP contribution in [0, 0.1) is 5.82 Å². The highest BCUT2D eigenvalue weighted by atomic mass is 19.1. The smallest absolute Gasteiger partial charge is 0.316 e. The van der Waals surface area contributed by atoms with Crippen molar-refractivity contribution in [2.24, 2.45) is 0 Å². The van der Waals surface area contributed by atoms with Crippen molar-refractivity contribution in [1.82, 2.24) is 9.55 Å². The van der Waals surface area contributed by atoms with Gasteiger partial charge in [0, 0.05) is 12.6 Å². The molecular formula is C16H21FN2O2. The average molecular weight is 292 g/mol. The van der Waals surface area contributed by atoms with Gasteiger partial charge in [-0.1, -0.05) is 13.8 Å². The van der Waals surface area contributed by atoms with Gasteiger partial charge in [0.2, 0.25) is 0 Å². The van der Waals surface area contributed by atoms with Gasteiger partial charge < -0.3 is 9.30 Å². The Morgan fingerprint density at radius 2 is 2.14 bits per heavy atom. The first-order valence-electron chi connectivity index (χ1n) is 7.44. The van der Waals surface area contributed by atoms with Crippen molar-refractivity contribution in [2.75, 3.05) is 6.61 Å². The van der Waals surface area contributed by atoms with Crippen LogP contribution >= 0.6 is 0 Å². The van der Waals surface area contributed by atoms with E-state index in [-0.39, 0.29) is 11.8 Å². The summed E-state index contributed by atoms with van der Waals surface area (Å²) in [6.45, 7) is 6.86. The third-order valence-electron chi connectivity index (χ3n) is 3.48. The molecular weight excluding hydrogens is 271 g/mol. The maximum Gasteiger partial charge on any atom is 0.316 e. The molecule has 2 aromatic rings. The summed E-state index contributed by atoms with van der Waals surface area (Å²) >= 11 is 0. The van der Waals surface area contributed by atoms with Crippen LogP contribution in [0.4, 0.5) is 4.39 Å². The first kappa shape index (κ1) is 15.5. The molecule has 1 aromatic heterocycles. The molecule has 4 nitrogen and oxygen atoms in total. The number of hydrogen-bond donors (Lipinski definition) is 0. The van der Waals surface area contributed by atoms with Gasteiger partial charge in [0.15, 0.2) is 0 Å². The Kier molecular flexibility index (Phi) is 4.94. The van der Waals surface area contributed by atoms with Gasteiger partial charge in [0.1, 0.15) is 17.6 Å². The summed E-state index contributed by atoms with van der Waals surface area (Å²) in [4.78, 5) is 16.6. The van der Waals surface area contributed by atoms with E-state index in [1.807, 2.05) is 11.5 Å². The predicted molar refractivity (Wildman–Crippen MR) is 79.6 cm³/mol. The monoisotopic (exact) mass is 292 g/mol. The van der Waals surface area contributed by atoms with Gasteiger partial charge in [0.05, 0.1) is 17.6 Å². The minimum absolute atomic E-state index is 0.270. The number of carbonyl (C=O) groups is 1. The van der Waals surface area contributed by atoms with Crippen LogP contribution in [0.5, 0.6) is 0 Å². The molecule has 0 bridgehead atoms. The highest BCUT2D eigenvalue weighted by molar-refractivity contribution is 5.81. The lowest BCUT2D eigenvalue weighted by molar-refractivity contribution is -0.145. The van der Waals surface area contributed by atoms with Gasteiger partial charge in [-0.2, -0.15) is 0 Å². The Balaban J connectivity index is 2.54. The van der Waals surface area contributed by atoms with Crippen LogP contribution in [-0.4, -0.2) is 22.1 Å². The van der Waals surface area contributed by atoms with Crippen molar-refractivity contribution >= 4 is 17.0 Å². The predicted octanol–water partition coefficient (Wildman–Crippen LogP) is 3.64.